The summed E-state index contributed by atoms with van der Waals surface area (Å²) < 4.78 is 42.4. The lowest BCUT2D eigenvalue weighted by molar-refractivity contribution is -0.274. The number of benzene rings is 1. The van der Waals surface area contributed by atoms with E-state index in [0.717, 1.165) is 31.5 Å². The number of hydrogen-bond donors (Lipinski definition) is 0. The van der Waals surface area contributed by atoms with Gasteiger partial charge in [0.25, 0.3) is 0 Å². The predicted molar refractivity (Wildman–Crippen MR) is 81.4 cm³/mol. The third kappa shape index (κ3) is 4.05. The Morgan fingerprint density at radius 2 is 1.83 bits per heavy atom. The third-order valence-corrected chi connectivity index (χ3v) is 4.45. The summed E-state index contributed by atoms with van der Waals surface area (Å²) in [6.07, 6.45) is 0.574. The van der Waals surface area contributed by atoms with Crippen LogP contribution in [0.4, 0.5) is 13.2 Å². The molecule has 0 N–H and O–H groups in total. The average molecular weight is 340 g/mol. The SMILES string of the molecule is CC(c1ccc(OC(F)(F)F)cc1)N1CCC(n2cncn2)CC1. The van der Waals surface area contributed by atoms with Crippen molar-refractivity contribution >= 4 is 0 Å². The van der Waals surface area contributed by atoms with Gasteiger partial charge < -0.3 is 4.74 Å². The van der Waals surface area contributed by atoms with Gasteiger partial charge in [0.05, 0.1) is 6.04 Å². The van der Waals surface area contributed by atoms with Crippen molar-refractivity contribution in [2.24, 2.45) is 0 Å². The summed E-state index contributed by atoms with van der Waals surface area (Å²) >= 11 is 0. The molecule has 0 spiro atoms. The van der Waals surface area contributed by atoms with Crippen LogP contribution < -0.4 is 4.74 Å². The molecule has 0 amide bonds. The number of nitrogens with zero attached hydrogens (tertiary/aromatic N) is 4. The zero-order valence-corrected chi connectivity index (χ0v) is 13.3. The molecule has 5 nitrogen and oxygen atoms in total. The van der Waals surface area contributed by atoms with Gasteiger partial charge in [-0.05, 0) is 37.5 Å². The van der Waals surface area contributed by atoms with Crippen molar-refractivity contribution in [3.8, 4) is 5.75 Å². The van der Waals surface area contributed by atoms with Crippen LogP contribution in [0.3, 0.4) is 0 Å². The molecule has 130 valence electrons. The minimum absolute atomic E-state index is 0.140. The van der Waals surface area contributed by atoms with Crippen LogP contribution in [0.2, 0.25) is 0 Å². The van der Waals surface area contributed by atoms with Gasteiger partial charge in [-0.2, -0.15) is 5.10 Å². The number of piperidine rings is 1. The van der Waals surface area contributed by atoms with Crippen molar-refractivity contribution in [2.45, 2.75) is 38.2 Å². The molecule has 0 radical (unpaired) electrons. The van der Waals surface area contributed by atoms with Gasteiger partial charge >= 0.3 is 6.36 Å². The normalized spacial score (nSPS) is 18.5. The summed E-state index contributed by atoms with van der Waals surface area (Å²) in [6, 6.07) is 6.60. The number of hydrogen-bond acceptors (Lipinski definition) is 4. The summed E-state index contributed by atoms with van der Waals surface area (Å²) in [7, 11) is 0. The molecule has 1 atom stereocenters. The highest BCUT2D eigenvalue weighted by molar-refractivity contribution is 5.29. The van der Waals surface area contributed by atoms with E-state index in [0.29, 0.717) is 6.04 Å². The summed E-state index contributed by atoms with van der Waals surface area (Å²) in [6.45, 7) is 3.88. The highest BCUT2D eigenvalue weighted by Gasteiger charge is 2.31. The van der Waals surface area contributed by atoms with Crippen molar-refractivity contribution in [1.29, 1.82) is 0 Å². The molecule has 1 aliphatic rings. The van der Waals surface area contributed by atoms with Crippen LogP contribution in [0.5, 0.6) is 5.75 Å². The minimum atomic E-state index is -4.66. The zero-order valence-electron chi connectivity index (χ0n) is 13.3. The van der Waals surface area contributed by atoms with E-state index < -0.39 is 6.36 Å². The number of rotatable bonds is 4. The lowest BCUT2D eigenvalue weighted by Gasteiger charge is -2.36. The van der Waals surface area contributed by atoms with Crippen LogP contribution in [0.1, 0.15) is 37.4 Å². The molecular formula is C16H19F3N4O. The van der Waals surface area contributed by atoms with Crippen molar-refractivity contribution < 1.29 is 17.9 Å². The molecule has 0 bridgehead atoms. The lowest BCUT2D eigenvalue weighted by atomic mass is 10.0. The molecule has 1 aromatic carbocycles. The van der Waals surface area contributed by atoms with E-state index in [1.54, 1.807) is 24.8 Å². The second-order valence-electron chi connectivity index (χ2n) is 5.94. The van der Waals surface area contributed by atoms with Crippen molar-refractivity contribution in [3.05, 3.63) is 42.5 Å². The first-order chi connectivity index (χ1) is 11.4. The first kappa shape index (κ1) is 16.8. The van der Waals surface area contributed by atoms with Crippen LogP contribution in [0.25, 0.3) is 0 Å². The Bertz CT molecular complexity index is 634. The smallest absolute Gasteiger partial charge is 0.406 e. The zero-order chi connectivity index (χ0) is 17.2. The van der Waals surface area contributed by atoms with Crippen LogP contribution >= 0.6 is 0 Å². The predicted octanol–water partition coefficient (Wildman–Crippen LogP) is 3.57. The molecule has 1 unspecified atom stereocenters. The van der Waals surface area contributed by atoms with Crippen LogP contribution in [0.15, 0.2) is 36.9 Å². The topological polar surface area (TPSA) is 43.2 Å². The fourth-order valence-corrected chi connectivity index (χ4v) is 3.10. The molecule has 1 saturated heterocycles. The van der Waals surface area contributed by atoms with E-state index in [9.17, 15) is 13.2 Å². The molecule has 8 heteroatoms. The molecule has 1 aliphatic heterocycles. The Labute approximate surface area is 138 Å². The Balaban J connectivity index is 1.58. The molecular weight excluding hydrogens is 321 g/mol. The largest absolute Gasteiger partial charge is 0.573 e. The lowest BCUT2D eigenvalue weighted by Crippen LogP contribution is -2.36. The Kier molecular flexibility index (Phi) is 4.75. The van der Waals surface area contributed by atoms with Gasteiger partial charge in [0.15, 0.2) is 0 Å². The molecule has 0 aliphatic carbocycles. The fourth-order valence-electron chi connectivity index (χ4n) is 3.10. The maximum atomic E-state index is 12.2. The van der Waals surface area contributed by atoms with Gasteiger partial charge in [0.2, 0.25) is 0 Å². The van der Waals surface area contributed by atoms with Crippen LogP contribution in [-0.2, 0) is 0 Å². The third-order valence-electron chi connectivity index (χ3n) is 4.45. The van der Waals surface area contributed by atoms with Gasteiger partial charge in [-0.25, -0.2) is 9.67 Å². The molecule has 1 fully saturated rings. The first-order valence-corrected chi connectivity index (χ1v) is 7.86. The van der Waals surface area contributed by atoms with Gasteiger partial charge in [0.1, 0.15) is 18.4 Å². The van der Waals surface area contributed by atoms with Crippen molar-refractivity contribution in [3.63, 3.8) is 0 Å². The van der Waals surface area contributed by atoms with Crippen molar-refractivity contribution in [2.75, 3.05) is 13.1 Å². The Hall–Kier alpha value is -2.09. The maximum absolute atomic E-state index is 12.2. The van der Waals surface area contributed by atoms with E-state index in [1.807, 2.05) is 4.68 Å². The molecule has 2 heterocycles. The number of ether oxygens (including phenoxy) is 1. The monoisotopic (exact) mass is 340 g/mol. The highest BCUT2D eigenvalue weighted by Crippen LogP contribution is 2.30. The quantitative estimate of drug-likeness (QED) is 0.853. The van der Waals surface area contributed by atoms with Gasteiger partial charge in [-0.1, -0.05) is 12.1 Å². The molecule has 1 aromatic heterocycles. The maximum Gasteiger partial charge on any atom is 0.573 e. The molecule has 2 aromatic rings. The number of halogens is 3. The second-order valence-corrected chi connectivity index (χ2v) is 5.94. The highest BCUT2D eigenvalue weighted by atomic mass is 19.4. The molecule has 3 rings (SSSR count). The van der Waals surface area contributed by atoms with E-state index >= 15 is 0 Å². The summed E-state index contributed by atoms with van der Waals surface area (Å²) in [5.41, 5.74) is 0.976. The number of alkyl halides is 3. The Morgan fingerprint density at radius 1 is 1.17 bits per heavy atom. The first-order valence-electron chi connectivity index (χ1n) is 7.86. The summed E-state index contributed by atoms with van der Waals surface area (Å²) in [5, 5.41) is 4.19. The van der Waals surface area contributed by atoms with Crippen LogP contribution in [-0.4, -0.2) is 39.1 Å². The van der Waals surface area contributed by atoms with E-state index in [1.165, 1.54) is 12.1 Å². The number of aromatic nitrogens is 3. The number of likely N-dealkylation sites (tertiary alicyclic amines) is 1. The Morgan fingerprint density at radius 3 is 2.38 bits per heavy atom. The second kappa shape index (κ2) is 6.80. The van der Waals surface area contributed by atoms with E-state index in [2.05, 4.69) is 26.6 Å². The van der Waals surface area contributed by atoms with E-state index in [-0.39, 0.29) is 11.8 Å². The average Bonchev–Trinajstić information content (AvgIpc) is 3.08. The molecule has 0 saturated carbocycles. The van der Waals surface area contributed by atoms with Gasteiger partial charge in [0, 0.05) is 19.1 Å². The van der Waals surface area contributed by atoms with E-state index in [4.69, 9.17) is 0 Å². The van der Waals surface area contributed by atoms with Crippen molar-refractivity contribution in [1.82, 2.24) is 19.7 Å². The minimum Gasteiger partial charge on any atom is -0.406 e. The van der Waals surface area contributed by atoms with Gasteiger partial charge in [-0.3, -0.25) is 4.90 Å². The molecule has 24 heavy (non-hydrogen) atoms. The summed E-state index contributed by atoms with van der Waals surface area (Å²) in [5.74, 6) is -0.191. The fraction of sp³-hybridized carbons (Fsp3) is 0.500. The summed E-state index contributed by atoms with van der Waals surface area (Å²) in [4.78, 5) is 6.31. The van der Waals surface area contributed by atoms with Gasteiger partial charge in [-0.15, -0.1) is 13.2 Å². The van der Waals surface area contributed by atoms with Crippen LogP contribution in [0, 0.1) is 0 Å². The standard InChI is InChI=1S/C16H19F3N4O/c1-12(13-2-4-15(5-3-13)24-16(17,18)19)22-8-6-14(7-9-22)23-11-20-10-21-23/h2-5,10-12,14H,6-9H2,1H3.